The number of carbonyl (C=O) groups excluding carboxylic acids is 2. The quantitative estimate of drug-likeness (QED) is 0.427. The highest BCUT2D eigenvalue weighted by molar-refractivity contribution is 6.15. The maximum absolute atomic E-state index is 14.3. The Bertz CT molecular complexity index is 1080. The minimum absolute atomic E-state index is 0.0705. The van der Waals surface area contributed by atoms with E-state index in [9.17, 15) is 22.8 Å². The molecule has 1 saturated heterocycles. The molecule has 1 heterocycles. The standard InChI is InChI=1S/C26H27F3O3/c1-4-15-12-16(18-13-20(28)21(29)14-19(18)27)8-9-17(15)22-23(30)25(2,3)32-26(24(22)31)10-6-5-7-11-26/h8-9,12-14,22H,4-7,10-11H2,1-3H3. The average molecular weight is 444 g/mol. The van der Waals surface area contributed by atoms with Crippen LogP contribution in [0.2, 0.25) is 0 Å². The second-order valence-corrected chi connectivity index (χ2v) is 9.34. The Balaban J connectivity index is 1.81. The van der Waals surface area contributed by atoms with Crippen molar-refractivity contribution < 1.29 is 27.5 Å². The van der Waals surface area contributed by atoms with E-state index >= 15 is 0 Å². The fourth-order valence-electron chi connectivity index (χ4n) is 5.18. The molecule has 2 aromatic rings. The maximum atomic E-state index is 14.3. The van der Waals surface area contributed by atoms with Crippen LogP contribution in [-0.2, 0) is 20.7 Å². The van der Waals surface area contributed by atoms with Crippen LogP contribution in [-0.4, -0.2) is 22.8 Å². The molecule has 0 aromatic heterocycles. The Morgan fingerprint density at radius 3 is 2.22 bits per heavy atom. The molecule has 6 heteroatoms. The van der Waals surface area contributed by atoms with Crippen molar-refractivity contribution in [1.82, 2.24) is 0 Å². The van der Waals surface area contributed by atoms with E-state index in [1.807, 2.05) is 6.92 Å². The van der Waals surface area contributed by atoms with E-state index in [0.29, 0.717) is 42.0 Å². The predicted octanol–water partition coefficient (Wildman–Crippen LogP) is 6.07. The van der Waals surface area contributed by atoms with Crippen LogP contribution in [0.15, 0.2) is 30.3 Å². The van der Waals surface area contributed by atoms with Gasteiger partial charge in [-0.05, 0) is 55.9 Å². The molecule has 170 valence electrons. The van der Waals surface area contributed by atoms with Crippen molar-refractivity contribution in [2.45, 2.75) is 76.4 Å². The molecule has 1 unspecified atom stereocenters. The lowest BCUT2D eigenvalue weighted by Gasteiger charge is -2.48. The first-order valence-electron chi connectivity index (χ1n) is 11.2. The number of Topliss-reactive ketones (excluding diaryl/α,β-unsaturated/α-hetero) is 2. The lowest BCUT2D eigenvalue weighted by atomic mass is 9.68. The summed E-state index contributed by atoms with van der Waals surface area (Å²) in [6, 6.07) is 6.20. The van der Waals surface area contributed by atoms with Crippen LogP contribution in [0.25, 0.3) is 11.1 Å². The third kappa shape index (κ3) is 3.68. The van der Waals surface area contributed by atoms with Gasteiger partial charge in [0.05, 0.1) is 0 Å². The summed E-state index contributed by atoms with van der Waals surface area (Å²) in [5.41, 5.74) is -0.501. The zero-order chi connectivity index (χ0) is 23.3. The third-order valence-electron chi connectivity index (χ3n) is 6.83. The van der Waals surface area contributed by atoms with E-state index in [2.05, 4.69) is 0 Å². The summed E-state index contributed by atoms with van der Waals surface area (Å²) in [7, 11) is 0. The van der Waals surface area contributed by atoms with Crippen LogP contribution in [0, 0.1) is 17.5 Å². The summed E-state index contributed by atoms with van der Waals surface area (Å²) < 4.78 is 47.6. The Morgan fingerprint density at radius 2 is 1.56 bits per heavy atom. The lowest BCUT2D eigenvalue weighted by molar-refractivity contribution is -0.197. The van der Waals surface area contributed by atoms with Gasteiger partial charge >= 0.3 is 0 Å². The highest BCUT2D eigenvalue weighted by atomic mass is 19.2. The molecular weight excluding hydrogens is 417 g/mol. The van der Waals surface area contributed by atoms with E-state index < -0.39 is 34.6 Å². The molecule has 1 saturated carbocycles. The van der Waals surface area contributed by atoms with Gasteiger partial charge in [-0.25, -0.2) is 13.2 Å². The number of ketones is 2. The Labute approximate surface area is 186 Å². The number of hydrogen-bond donors (Lipinski definition) is 0. The van der Waals surface area contributed by atoms with Gasteiger partial charge in [0.1, 0.15) is 22.9 Å². The van der Waals surface area contributed by atoms with E-state index in [1.54, 1.807) is 32.0 Å². The zero-order valence-electron chi connectivity index (χ0n) is 18.6. The summed E-state index contributed by atoms with van der Waals surface area (Å²) in [6.07, 6.45) is 4.46. The molecule has 1 atom stereocenters. The number of aryl methyl sites for hydroxylation is 1. The van der Waals surface area contributed by atoms with Gasteiger partial charge in [0.25, 0.3) is 0 Å². The average Bonchev–Trinajstić information content (AvgIpc) is 2.76. The molecule has 0 amide bonds. The molecule has 1 spiro atoms. The minimum atomic E-state index is -1.25. The van der Waals surface area contributed by atoms with Crippen molar-refractivity contribution in [3.8, 4) is 11.1 Å². The predicted molar refractivity (Wildman–Crippen MR) is 115 cm³/mol. The van der Waals surface area contributed by atoms with E-state index in [4.69, 9.17) is 4.74 Å². The second-order valence-electron chi connectivity index (χ2n) is 9.34. The number of hydrogen-bond acceptors (Lipinski definition) is 3. The van der Waals surface area contributed by atoms with Crippen molar-refractivity contribution in [1.29, 1.82) is 0 Å². The zero-order valence-corrected chi connectivity index (χ0v) is 18.6. The van der Waals surface area contributed by atoms with Gasteiger partial charge < -0.3 is 4.74 Å². The third-order valence-corrected chi connectivity index (χ3v) is 6.83. The molecule has 0 radical (unpaired) electrons. The van der Waals surface area contributed by atoms with Gasteiger partial charge in [-0.3, -0.25) is 9.59 Å². The molecule has 0 bridgehead atoms. The number of ether oxygens (including phenoxy) is 1. The molecule has 3 nitrogen and oxygen atoms in total. The lowest BCUT2D eigenvalue weighted by Crippen LogP contribution is -2.61. The monoisotopic (exact) mass is 444 g/mol. The van der Waals surface area contributed by atoms with Crippen molar-refractivity contribution >= 4 is 11.6 Å². The van der Waals surface area contributed by atoms with E-state index in [0.717, 1.165) is 25.3 Å². The summed E-state index contributed by atoms with van der Waals surface area (Å²) in [5, 5.41) is 0. The first kappa shape index (κ1) is 22.7. The van der Waals surface area contributed by atoms with Gasteiger partial charge in [0, 0.05) is 11.6 Å². The van der Waals surface area contributed by atoms with Gasteiger partial charge in [-0.2, -0.15) is 0 Å². The maximum Gasteiger partial charge on any atom is 0.179 e. The highest BCUT2D eigenvalue weighted by Gasteiger charge is 2.57. The number of rotatable bonds is 3. The molecule has 1 aliphatic carbocycles. The van der Waals surface area contributed by atoms with E-state index in [1.165, 1.54) is 0 Å². The Kier molecular flexibility index (Phi) is 5.78. The molecule has 1 aliphatic heterocycles. The summed E-state index contributed by atoms with van der Waals surface area (Å²) >= 11 is 0. The Hall–Kier alpha value is -2.47. The topological polar surface area (TPSA) is 43.4 Å². The molecule has 2 aliphatic rings. The number of halogens is 3. The molecule has 0 N–H and O–H groups in total. The molecule has 4 rings (SSSR count). The normalized spacial score (nSPS) is 22.4. The second kappa shape index (κ2) is 8.14. The van der Waals surface area contributed by atoms with Crippen LogP contribution < -0.4 is 0 Å². The molecule has 32 heavy (non-hydrogen) atoms. The SMILES string of the molecule is CCc1cc(-c2cc(F)c(F)cc2F)ccc1C1C(=O)C(C)(C)OC2(CCCCC2)C1=O. The van der Waals surface area contributed by atoms with Gasteiger partial charge in [0.15, 0.2) is 23.2 Å². The first-order chi connectivity index (χ1) is 15.1. The fraction of sp³-hybridized carbons (Fsp3) is 0.462. The first-order valence-corrected chi connectivity index (χ1v) is 11.2. The highest BCUT2D eigenvalue weighted by Crippen LogP contribution is 2.46. The largest absolute Gasteiger partial charge is 0.353 e. The van der Waals surface area contributed by atoms with E-state index in [-0.39, 0.29) is 17.1 Å². The van der Waals surface area contributed by atoms with Gasteiger partial charge in [0.2, 0.25) is 0 Å². The summed E-state index contributed by atoms with van der Waals surface area (Å²) in [5.74, 6) is -4.73. The van der Waals surface area contributed by atoms with Crippen molar-refractivity contribution in [3.05, 3.63) is 58.9 Å². The van der Waals surface area contributed by atoms with Crippen molar-refractivity contribution in [3.63, 3.8) is 0 Å². The summed E-state index contributed by atoms with van der Waals surface area (Å²) in [4.78, 5) is 27.0. The van der Waals surface area contributed by atoms with Crippen LogP contribution in [0.3, 0.4) is 0 Å². The minimum Gasteiger partial charge on any atom is -0.353 e. The van der Waals surface area contributed by atoms with Crippen LogP contribution in [0.5, 0.6) is 0 Å². The van der Waals surface area contributed by atoms with Crippen LogP contribution >= 0.6 is 0 Å². The van der Waals surface area contributed by atoms with Crippen molar-refractivity contribution in [2.24, 2.45) is 0 Å². The van der Waals surface area contributed by atoms with Crippen molar-refractivity contribution in [2.75, 3.05) is 0 Å². The number of benzene rings is 2. The van der Waals surface area contributed by atoms with Crippen LogP contribution in [0.4, 0.5) is 13.2 Å². The Morgan fingerprint density at radius 1 is 0.906 bits per heavy atom. The summed E-state index contributed by atoms with van der Waals surface area (Å²) in [6.45, 7) is 5.30. The molecule has 2 fully saturated rings. The molecular formula is C26H27F3O3. The number of carbonyl (C=O) groups is 2. The van der Waals surface area contributed by atoms with Gasteiger partial charge in [-0.1, -0.05) is 44.4 Å². The smallest absolute Gasteiger partial charge is 0.179 e. The van der Waals surface area contributed by atoms with Crippen LogP contribution in [0.1, 0.15) is 69.9 Å². The van der Waals surface area contributed by atoms with Gasteiger partial charge in [-0.15, -0.1) is 0 Å². The fourth-order valence-corrected chi connectivity index (χ4v) is 5.18. The molecule has 2 aromatic carbocycles.